The molecule has 1 aliphatic heterocycles. The molecule has 5 nitrogen and oxygen atoms in total. The lowest BCUT2D eigenvalue weighted by molar-refractivity contribution is -0.127. The summed E-state index contributed by atoms with van der Waals surface area (Å²) in [5.41, 5.74) is 0. The highest BCUT2D eigenvalue weighted by Crippen LogP contribution is 2.24. The van der Waals surface area contributed by atoms with Gasteiger partial charge in [0.15, 0.2) is 5.96 Å². The molecule has 0 aromatic carbocycles. The summed E-state index contributed by atoms with van der Waals surface area (Å²) in [5, 5.41) is 4.05. The molecular weight excluding hydrogens is 443 g/mol. The average molecular weight is 474 g/mol. The van der Waals surface area contributed by atoms with Crippen LogP contribution in [0.3, 0.4) is 0 Å². The van der Waals surface area contributed by atoms with E-state index < -0.39 is 0 Å². The van der Waals surface area contributed by atoms with Crippen LogP contribution in [0.1, 0.15) is 13.8 Å². The van der Waals surface area contributed by atoms with E-state index in [0.29, 0.717) is 11.2 Å². The summed E-state index contributed by atoms with van der Waals surface area (Å²) >= 11 is 3.86. The normalized spacial score (nSPS) is 18.6. The molecule has 1 rings (SSSR count). The summed E-state index contributed by atoms with van der Waals surface area (Å²) in [7, 11) is 3.54. The van der Waals surface area contributed by atoms with Crippen molar-refractivity contribution in [2.45, 2.75) is 19.1 Å². The number of carbonyl (C=O) groups excluding carboxylic acids is 1. The zero-order valence-electron chi connectivity index (χ0n) is 14.9. The van der Waals surface area contributed by atoms with Crippen LogP contribution in [-0.4, -0.2) is 85.0 Å². The van der Waals surface area contributed by atoms with Crippen LogP contribution < -0.4 is 5.32 Å². The molecule has 1 saturated heterocycles. The minimum absolute atomic E-state index is 0. The second-order valence-corrected chi connectivity index (χ2v) is 8.28. The second-order valence-electron chi connectivity index (χ2n) is 5.95. The van der Waals surface area contributed by atoms with Gasteiger partial charge in [-0.2, -0.15) is 23.5 Å². The van der Waals surface area contributed by atoms with Gasteiger partial charge in [0.25, 0.3) is 0 Å². The van der Waals surface area contributed by atoms with Gasteiger partial charge in [-0.25, -0.2) is 4.99 Å². The van der Waals surface area contributed by atoms with E-state index >= 15 is 0 Å². The molecule has 136 valence electrons. The number of likely N-dealkylation sites (N-methyl/N-ethyl adjacent to an activating group) is 1. The third-order valence-electron chi connectivity index (χ3n) is 3.59. The highest BCUT2D eigenvalue weighted by molar-refractivity contribution is 14.0. The largest absolute Gasteiger partial charge is 0.355 e. The third-order valence-corrected chi connectivity index (χ3v) is 5.74. The number of amides is 1. The number of nitrogens with zero attached hydrogens (tertiary/aromatic N) is 3. The topological polar surface area (TPSA) is 47.9 Å². The van der Waals surface area contributed by atoms with E-state index in [9.17, 15) is 4.79 Å². The van der Waals surface area contributed by atoms with Crippen molar-refractivity contribution in [2.24, 2.45) is 10.9 Å². The average Bonchev–Trinajstić information content (AvgIpc) is 2.50. The minimum Gasteiger partial charge on any atom is -0.355 e. The Labute approximate surface area is 166 Å². The van der Waals surface area contributed by atoms with Crippen molar-refractivity contribution in [3.05, 3.63) is 0 Å². The first kappa shape index (κ1) is 23.2. The van der Waals surface area contributed by atoms with Gasteiger partial charge in [0, 0.05) is 50.5 Å². The van der Waals surface area contributed by atoms with Gasteiger partial charge in [-0.3, -0.25) is 4.79 Å². The molecule has 0 bridgehead atoms. The number of halogens is 1. The van der Waals surface area contributed by atoms with Crippen molar-refractivity contribution >= 4 is 59.4 Å². The molecule has 0 aromatic heterocycles. The summed E-state index contributed by atoms with van der Waals surface area (Å²) in [6.07, 6.45) is 2.10. The van der Waals surface area contributed by atoms with E-state index in [1.165, 1.54) is 0 Å². The van der Waals surface area contributed by atoms with Crippen LogP contribution in [0.4, 0.5) is 0 Å². The van der Waals surface area contributed by atoms with E-state index in [1.807, 2.05) is 23.5 Å². The molecule has 0 radical (unpaired) electrons. The van der Waals surface area contributed by atoms with Crippen LogP contribution in [-0.2, 0) is 4.79 Å². The first-order valence-corrected chi connectivity index (χ1v) is 10.2. The molecule has 1 heterocycles. The second kappa shape index (κ2) is 12.5. The van der Waals surface area contributed by atoms with Crippen LogP contribution in [0.25, 0.3) is 0 Å². The number of hydrogen-bond acceptors (Lipinski definition) is 4. The molecule has 0 spiro atoms. The van der Waals surface area contributed by atoms with Gasteiger partial charge in [-0.15, -0.1) is 24.0 Å². The smallest absolute Gasteiger partial charge is 0.243 e. The Morgan fingerprint density at radius 2 is 2.17 bits per heavy atom. The molecule has 1 N–H and O–H groups in total. The molecule has 1 aliphatic rings. The third kappa shape index (κ3) is 8.72. The van der Waals surface area contributed by atoms with E-state index in [2.05, 4.69) is 35.3 Å². The van der Waals surface area contributed by atoms with Crippen LogP contribution in [0.15, 0.2) is 4.99 Å². The van der Waals surface area contributed by atoms with Crippen LogP contribution in [0, 0.1) is 5.92 Å². The molecular formula is C15H31IN4OS2. The Balaban J connectivity index is 0.00000484. The van der Waals surface area contributed by atoms with E-state index in [-0.39, 0.29) is 36.4 Å². The quantitative estimate of drug-likeness (QED) is 0.277. The maximum Gasteiger partial charge on any atom is 0.243 e. The summed E-state index contributed by atoms with van der Waals surface area (Å²) in [4.78, 5) is 20.3. The van der Waals surface area contributed by atoms with Gasteiger partial charge in [0.2, 0.25) is 5.91 Å². The van der Waals surface area contributed by atoms with Crippen molar-refractivity contribution in [1.82, 2.24) is 15.1 Å². The van der Waals surface area contributed by atoms with Gasteiger partial charge < -0.3 is 15.1 Å². The molecule has 1 fully saturated rings. The van der Waals surface area contributed by atoms with Crippen molar-refractivity contribution in [1.29, 1.82) is 0 Å². The number of hydrogen-bond donors (Lipinski definition) is 1. The Morgan fingerprint density at radius 1 is 1.48 bits per heavy atom. The number of rotatable bonds is 6. The maximum absolute atomic E-state index is 11.8. The number of aliphatic imine (C=N–C) groups is 1. The molecule has 0 aromatic rings. The van der Waals surface area contributed by atoms with Crippen LogP contribution in [0.5, 0.6) is 0 Å². The van der Waals surface area contributed by atoms with Gasteiger partial charge in [-0.05, 0) is 12.2 Å². The summed E-state index contributed by atoms with van der Waals surface area (Å²) in [5.74, 6) is 3.74. The summed E-state index contributed by atoms with van der Waals surface area (Å²) < 4.78 is 0. The van der Waals surface area contributed by atoms with Gasteiger partial charge in [-0.1, -0.05) is 13.8 Å². The van der Waals surface area contributed by atoms with Crippen LogP contribution in [0.2, 0.25) is 0 Å². The molecule has 8 heteroatoms. The maximum atomic E-state index is 11.8. The first-order chi connectivity index (χ1) is 10.5. The van der Waals surface area contributed by atoms with Gasteiger partial charge in [0.1, 0.15) is 6.54 Å². The predicted molar refractivity (Wildman–Crippen MR) is 115 cm³/mol. The number of thioether (sulfide) groups is 2. The molecule has 0 aliphatic carbocycles. The fraction of sp³-hybridized carbons (Fsp3) is 0.867. The fourth-order valence-electron chi connectivity index (χ4n) is 2.09. The Bertz CT molecular complexity index is 380. The highest BCUT2D eigenvalue weighted by Gasteiger charge is 2.25. The van der Waals surface area contributed by atoms with Crippen molar-refractivity contribution < 1.29 is 4.79 Å². The predicted octanol–water partition coefficient (Wildman–Crippen LogP) is 2.07. The molecule has 23 heavy (non-hydrogen) atoms. The van der Waals surface area contributed by atoms with E-state index in [4.69, 9.17) is 0 Å². The molecule has 1 amide bonds. The Morgan fingerprint density at radius 3 is 2.74 bits per heavy atom. The Hall–Kier alpha value is 0.170. The highest BCUT2D eigenvalue weighted by atomic mass is 127. The lowest BCUT2D eigenvalue weighted by Crippen LogP contribution is -2.49. The van der Waals surface area contributed by atoms with Gasteiger partial charge in [0.05, 0.1) is 0 Å². The number of nitrogens with one attached hydrogen (secondary N) is 1. The molecule has 0 saturated carbocycles. The summed E-state index contributed by atoms with van der Waals surface area (Å²) in [6.45, 7) is 7.64. The lowest BCUT2D eigenvalue weighted by atomic mass is 10.1. The zero-order valence-corrected chi connectivity index (χ0v) is 18.8. The lowest BCUT2D eigenvalue weighted by Gasteiger charge is -2.36. The van der Waals surface area contributed by atoms with Crippen molar-refractivity contribution in [2.75, 3.05) is 58.0 Å². The summed E-state index contributed by atoms with van der Waals surface area (Å²) in [6, 6.07) is 0. The SMILES string of the molecule is CSCCNC(=NCC(=O)N(C)C)N1CCSC(C(C)C)C1.I. The monoisotopic (exact) mass is 474 g/mol. The first-order valence-electron chi connectivity index (χ1n) is 7.79. The van der Waals surface area contributed by atoms with Gasteiger partial charge >= 0.3 is 0 Å². The molecule has 1 atom stereocenters. The number of carbonyl (C=O) groups is 1. The fourth-order valence-corrected chi connectivity index (χ4v) is 3.69. The van der Waals surface area contributed by atoms with E-state index in [1.54, 1.807) is 19.0 Å². The van der Waals surface area contributed by atoms with Crippen molar-refractivity contribution in [3.8, 4) is 0 Å². The molecule has 1 unspecified atom stereocenters. The van der Waals surface area contributed by atoms with E-state index in [0.717, 1.165) is 37.1 Å². The minimum atomic E-state index is 0. The zero-order chi connectivity index (χ0) is 16.5. The standard InChI is InChI=1S/C15H30N4OS2.HI/c1-12(2)13-11-19(7-9-22-13)15(16-6-8-21-5)17-10-14(20)18(3)4;/h12-13H,6-11H2,1-5H3,(H,16,17);1H. The van der Waals surface area contributed by atoms with Crippen molar-refractivity contribution in [3.63, 3.8) is 0 Å². The number of guanidine groups is 1. The Kier molecular flexibility index (Phi) is 12.6. The van der Waals surface area contributed by atoms with Crippen LogP contribution >= 0.6 is 47.5 Å².